The van der Waals surface area contributed by atoms with Crippen LogP contribution in [0.25, 0.3) is 0 Å². The summed E-state index contributed by atoms with van der Waals surface area (Å²) in [7, 11) is -2.71. The molecule has 23 heavy (non-hydrogen) atoms. The molecule has 0 unspecified atom stereocenters. The Morgan fingerprint density at radius 3 is 2.39 bits per heavy atom. The van der Waals surface area contributed by atoms with Gasteiger partial charge in [-0.1, -0.05) is 17.6 Å². The molecule has 0 aliphatic heterocycles. The maximum Gasteiger partial charge on any atom is 0.304 e. The van der Waals surface area contributed by atoms with Crippen LogP contribution in [0.5, 0.6) is 5.75 Å². The zero-order chi connectivity index (χ0) is 17.0. The Bertz CT molecular complexity index is 822. The first-order valence-electron chi connectivity index (χ1n) is 6.57. The highest BCUT2D eigenvalue weighted by Gasteiger charge is 2.16. The van der Waals surface area contributed by atoms with Crippen LogP contribution in [0.2, 0.25) is 0 Å². The lowest BCUT2D eigenvalue weighted by Crippen LogP contribution is -2.17. The number of methoxy groups -OCH3 is 1. The lowest BCUT2D eigenvalue weighted by molar-refractivity contribution is 0.102. The van der Waals surface area contributed by atoms with Crippen molar-refractivity contribution in [1.29, 1.82) is 0 Å². The third-order valence-electron chi connectivity index (χ3n) is 3.13. The molecule has 0 spiro atoms. The van der Waals surface area contributed by atoms with Crippen molar-refractivity contribution in [1.82, 2.24) is 0 Å². The van der Waals surface area contributed by atoms with E-state index in [0.717, 1.165) is 0 Å². The number of hydrogen-bond donors (Lipinski definition) is 3. The van der Waals surface area contributed by atoms with Gasteiger partial charge in [0.05, 0.1) is 7.11 Å². The largest absolute Gasteiger partial charge is 0.495 e. The minimum absolute atomic E-state index is 0.0425. The second kappa shape index (κ2) is 6.82. The molecule has 2 aromatic carbocycles. The Balaban J connectivity index is 2.24. The van der Waals surface area contributed by atoms with Crippen LogP contribution in [0.1, 0.15) is 10.4 Å². The van der Waals surface area contributed by atoms with Gasteiger partial charge >= 0.3 is 7.48 Å². The van der Waals surface area contributed by atoms with Crippen LogP contribution < -0.4 is 20.7 Å². The van der Waals surface area contributed by atoms with Crippen molar-refractivity contribution >= 4 is 34.6 Å². The molecule has 2 aromatic rings. The maximum atomic E-state index is 12.1. The van der Waals surface area contributed by atoms with Gasteiger partial charge < -0.3 is 15.1 Å². The number of carbonyl (C=O) groups excluding carboxylic acids is 1. The number of rotatable bonds is 5. The molecule has 0 aromatic heterocycles. The third kappa shape index (κ3) is 4.10. The van der Waals surface area contributed by atoms with Crippen LogP contribution in [-0.4, -0.2) is 33.9 Å². The highest BCUT2D eigenvalue weighted by Crippen LogP contribution is 2.26. The molecular weight excluding hydrogens is 319 g/mol. The molecule has 9 heteroatoms. The molecule has 2 rings (SSSR count). The number of nitrogens with two attached hydrogens (primary N) is 1. The number of carbonyl (C=O) groups is 1. The number of hydrogen-bond acceptors (Lipinski definition) is 5. The Kier molecular flexibility index (Phi) is 5.04. The second-order valence-electron chi connectivity index (χ2n) is 4.72. The summed E-state index contributed by atoms with van der Waals surface area (Å²) < 4.78 is 27.8. The summed E-state index contributed by atoms with van der Waals surface area (Å²) in [4.78, 5) is 12.0. The topological polar surface area (TPSA) is 119 Å². The van der Waals surface area contributed by atoms with Gasteiger partial charge in [-0.15, -0.1) is 0 Å². The summed E-state index contributed by atoms with van der Waals surface area (Å²) in [6, 6.07) is 10.5. The zero-order valence-corrected chi connectivity index (χ0v) is 13.1. The highest BCUT2D eigenvalue weighted by atomic mass is 32.2. The van der Waals surface area contributed by atoms with Gasteiger partial charge in [0.15, 0.2) is 0 Å². The molecule has 0 heterocycles. The predicted octanol–water partition coefficient (Wildman–Crippen LogP) is -0.436. The highest BCUT2D eigenvalue weighted by molar-refractivity contribution is 7.89. The summed E-state index contributed by atoms with van der Waals surface area (Å²) >= 11 is 0. The fourth-order valence-electron chi connectivity index (χ4n) is 1.95. The molecule has 4 N–H and O–H groups in total. The van der Waals surface area contributed by atoms with Crippen LogP contribution in [0.15, 0.2) is 47.4 Å². The Morgan fingerprint density at radius 1 is 1.22 bits per heavy atom. The van der Waals surface area contributed by atoms with E-state index in [1.807, 2.05) is 0 Å². The van der Waals surface area contributed by atoms with E-state index in [-0.39, 0.29) is 24.0 Å². The van der Waals surface area contributed by atoms with Crippen molar-refractivity contribution in [3.63, 3.8) is 0 Å². The van der Waals surface area contributed by atoms with Crippen LogP contribution in [0, 0.1) is 0 Å². The van der Waals surface area contributed by atoms with Gasteiger partial charge in [0.2, 0.25) is 10.0 Å². The maximum absolute atomic E-state index is 12.1. The minimum Gasteiger partial charge on any atom is -0.495 e. The SMILES string of the molecule is COc1cc(NC(=O)c2ccc(BO)cc2)ccc1S(N)(=O)=O. The number of nitrogens with one attached hydrogen (secondary N) is 1. The molecule has 0 aliphatic carbocycles. The predicted molar refractivity (Wildman–Crippen MR) is 87.8 cm³/mol. The molecule has 0 aliphatic rings. The molecule has 0 saturated heterocycles. The Morgan fingerprint density at radius 2 is 1.87 bits per heavy atom. The zero-order valence-electron chi connectivity index (χ0n) is 12.3. The molecule has 1 amide bonds. The van der Waals surface area contributed by atoms with Crippen molar-refractivity contribution in [2.45, 2.75) is 4.90 Å². The molecule has 0 atom stereocenters. The van der Waals surface area contributed by atoms with Crippen LogP contribution >= 0.6 is 0 Å². The van der Waals surface area contributed by atoms with E-state index in [1.54, 1.807) is 24.3 Å². The van der Waals surface area contributed by atoms with Gasteiger partial charge in [-0.2, -0.15) is 0 Å². The Hall–Kier alpha value is -2.36. The van der Waals surface area contributed by atoms with Gasteiger partial charge in [-0.3, -0.25) is 4.79 Å². The van der Waals surface area contributed by atoms with Gasteiger partial charge in [0.25, 0.3) is 5.91 Å². The average molecular weight is 334 g/mol. The van der Waals surface area contributed by atoms with Crippen LogP contribution in [-0.2, 0) is 10.0 Å². The molecule has 120 valence electrons. The first kappa shape index (κ1) is 17.0. The van der Waals surface area contributed by atoms with E-state index < -0.39 is 10.0 Å². The van der Waals surface area contributed by atoms with Crippen LogP contribution in [0.4, 0.5) is 5.69 Å². The summed E-state index contributed by atoms with van der Waals surface area (Å²) in [6.45, 7) is 0. The van der Waals surface area contributed by atoms with Crippen molar-refractivity contribution in [3.05, 3.63) is 48.0 Å². The summed E-state index contributed by atoms with van der Waals surface area (Å²) in [5.41, 5.74) is 1.46. The summed E-state index contributed by atoms with van der Waals surface area (Å²) in [5.74, 6) is -0.333. The quantitative estimate of drug-likeness (QED) is 0.641. The molecule has 0 radical (unpaired) electrons. The monoisotopic (exact) mass is 334 g/mol. The molecule has 0 saturated carbocycles. The lowest BCUT2D eigenvalue weighted by Gasteiger charge is -2.10. The van der Waals surface area contributed by atoms with E-state index in [2.05, 4.69) is 5.32 Å². The molecular formula is C14H15BN2O5S. The number of ether oxygens (including phenoxy) is 1. The fraction of sp³-hybridized carbons (Fsp3) is 0.0714. The van der Waals surface area contributed by atoms with Gasteiger partial charge in [0, 0.05) is 17.3 Å². The number of benzene rings is 2. The number of amides is 1. The number of sulfonamides is 1. The van der Waals surface area contributed by atoms with Crippen molar-refractivity contribution in [3.8, 4) is 5.75 Å². The van der Waals surface area contributed by atoms with Crippen molar-refractivity contribution in [2.75, 3.05) is 12.4 Å². The lowest BCUT2D eigenvalue weighted by atomic mass is 9.88. The molecule has 0 fully saturated rings. The molecule has 7 nitrogen and oxygen atoms in total. The standard InChI is InChI=1S/C14H15BN2O5S/c1-22-12-8-11(6-7-13(12)23(16,20)21)17-14(18)9-2-4-10(15-19)5-3-9/h2-8,15,19H,1H3,(H,17,18)(H2,16,20,21). The first-order valence-corrected chi connectivity index (χ1v) is 8.12. The van der Waals surface area contributed by atoms with E-state index in [9.17, 15) is 13.2 Å². The van der Waals surface area contributed by atoms with E-state index in [1.165, 1.54) is 25.3 Å². The van der Waals surface area contributed by atoms with Gasteiger partial charge in [-0.25, -0.2) is 13.6 Å². The minimum atomic E-state index is -3.91. The summed E-state index contributed by atoms with van der Waals surface area (Å²) in [5, 5.41) is 16.7. The van der Waals surface area contributed by atoms with Crippen LogP contribution in [0.3, 0.4) is 0 Å². The van der Waals surface area contributed by atoms with E-state index >= 15 is 0 Å². The van der Waals surface area contributed by atoms with Gasteiger partial charge in [0.1, 0.15) is 10.6 Å². The number of anilines is 1. The Labute approximate surface area is 134 Å². The van der Waals surface area contributed by atoms with Crippen molar-refractivity contribution in [2.24, 2.45) is 5.14 Å². The molecule has 0 bridgehead atoms. The first-order chi connectivity index (χ1) is 10.8. The smallest absolute Gasteiger partial charge is 0.304 e. The average Bonchev–Trinajstić information content (AvgIpc) is 2.53. The number of primary sulfonamides is 1. The normalized spacial score (nSPS) is 10.9. The fourth-order valence-corrected chi connectivity index (χ4v) is 2.63. The van der Waals surface area contributed by atoms with Crippen molar-refractivity contribution < 1.29 is 23.0 Å². The second-order valence-corrected chi connectivity index (χ2v) is 6.25. The summed E-state index contributed by atoms with van der Waals surface area (Å²) in [6.07, 6.45) is 0. The third-order valence-corrected chi connectivity index (χ3v) is 4.08. The van der Waals surface area contributed by atoms with Gasteiger partial charge in [-0.05, 0) is 24.3 Å². The van der Waals surface area contributed by atoms with E-state index in [4.69, 9.17) is 14.9 Å². The van der Waals surface area contributed by atoms with E-state index in [0.29, 0.717) is 16.7 Å².